The summed E-state index contributed by atoms with van der Waals surface area (Å²) >= 11 is 0. The number of oxazole rings is 1. The molecule has 1 N–H and O–H groups in total. The van der Waals surface area contributed by atoms with Gasteiger partial charge in [-0.25, -0.2) is 9.97 Å². The second kappa shape index (κ2) is 4.93. The monoisotopic (exact) mass is 307 g/mol. The van der Waals surface area contributed by atoms with Crippen molar-refractivity contribution in [1.29, 1.82) is 0 Å². The molecule has 0 aliphatic carbocycles. The van der Waals surface area contributed by atoms with Gasteiger partial charge in [0.2, 0.25) is 0 Å². The summed E-state index contributed by atoms with van der Waals surface area (Å²) in [6.45, 7) is 4.09. The smallest absolute Gasteiger partial charge is 0.181 e. The molecule has 0 spiro atoms. The average Bonchev–Trinajstić information content (AvgIpc) is 3.11. The predicted octanol–water partition coefficient (Wildman–Crippen LogP) is 3.62. The van der Waals surface area contributed by atoms with Gasteiger partial charge in [-0.05, 0) is 49.2 Å². The Bertz CT molecular complexity index is 992. The van der Waals surface area contributed by atoms with Crippen molar-refractivity contribution in [2.75, 3.05) is 0 Å². The molecule has 0 saturated heterocycles. The van der Waals surface area contributed by atoms with Crippen LogP contribution in [0.5, 0.6) is 0 Å². The molecule has 0 bridgehead atoms. The number of fused-ring (bicyclic) bond motifs is 2. The van der Waals surface area contributed by atoms with Gasteiger partial charge < -0.3 is 14.1 Å². The van der Waals surface area contributed by atoms with E-state index in [9.17, 15) is 5.11 Å². The maximum atomic E-state index is 10.00. The van der Waals surface area contributed by atoms with Crippen LogP contribution in [0.1, 0.15) is 13.8 Å². The molecule has 2 heterocycles. The average molecular weight is 307 g/mol. The van der Waals surface area contributed by atoms with Gasteiger partial charge in [0, 0.05) is 0 Å². The van der Waals surface area contributed by atoms with Gasteiger partial charge in [0.05, 0.1) is 29.5 Å². The van der Waals surface area contributed by atoms with Crippen molar-refractivity contribution >= 4 is 22.1 Å². The highest BCUT2D eigenvalue weighted by atomic mass is 16.3. The van der Waals surface area contributed by atoms with E-state index in [1.165, 1.54) is 6.39 Å². The minimum atomic E-state index is -0.774. The zero-order valence-corrected chi connectivity index (χ0v) is 13.0. The van der Waals surface area contributed by atoms with Gasteiger partial charge in [0.25, 0.3) is 0 Å². The van der Waals surface area contributed by atoms with Crippen LogP contribution in [0.25, 0.3) is 33.3 Å². The van der Waals surface area contributed by atoms with Gasteiger partial charge in [-0.3, -0.25) is 0 Å². The normalized spacial score (nSPS) is 12.3. The van der Waals surface area contributed by atoms with E-state index in [-0.39, 0.29) is 0 Å². The predicted molar refractivity (Wildman–Crippen MR) is 89.0 cm³/mol. The zero-order chi connectivity index (χ0) is 16.0. The topological polar surface area (TPSA) is 64.1 Å². The fourth-order valence-electron chi connectivity index (χ4n) is 2.82. The summed E-state index contributed by atoms with van der Waals surface area (Å²) in [4.78, 5) is 8.66. The molecule has 0 atom stereocenters. The standard InChI is InChI=1S/C18H17N3O2/c1-18(2,22)9-21-10-19-14-7-12(3-5-16(14)21)13-4-6-17-15(8-13)20-11-23-17/h3-8,10-11,22H,9H2,1-2H3. The van der Waals surface area contributed by atoms with Crippen LogP contribution in [-0.2, 0) is 6.54 Å². The van der Waals surface area contributed by atoms with Gasteiger partial charge in [0.15, 0.2) is 12.0 Å². The minimum Gasteiger partial charge on any atom is -0.443 e. The number of benzene rings is 2. The van der Waals surface area contributed by atoms with Crippen molar-refractivity contribution in [2.24, 2.45) is 0 Å². The Morgan fingerprint density at radius 1 is 1.04 bits per heavy atom. The Kier molecular flexibility index (Phi) is 2.99. The maximum absolute atomic E-state index is 10.00. The largest absolute Gasteiger partial charge is 0.443 e. The molecule has 0 unspecified atom stereocenters. The SMILES string of the molecule is CC(C)(O)Cn1cnc2cc(-c3ccc4ocnc4c3)ccc21. The van der Waals surface area contributed by atoms with Gasteiger partial charge in [-0.2, -0.15) is 0 Å². The first kappa shape index (κ1) is 14.0. The lowest BCUT2D eigenvalue weighted by atomic mass is 10.0. The summed E-state index contributed by atoms with van der Waals surface area (Å²) in [7, 11) is 0. The number of rotatable bonds is 3. The summed E-state index contributed by atoms with van der Waals surface area (Å²) in [6, 6.07) is 12.1. The molecular formula is C18H17N3O2. The molecule has 2 aromatic carbocycles. The summed E-state index contributed by atoms with van der Waals surface area (Å²) in [5, 5.41) is 10.00. The highest BCUT2D eigenvalue weighted by Gasteiger charge is 2.15. The summed E-state index contributed by atoms with van der Waals surface area (Å²) < 4.78 is 7.25. The molecule has 4 aromatic rings. The molecule has 0 fully saturated rings. The lowest BCUT2D eigenvalue weighted by molar-refractivity contribution is 0.0627. The Hall–Kier alpha value is -2.66. The molecule has 2 aromatic heterocycles. The fraction of sp³-hybridized carbons (Fsp3) is 0.222. The molecule has 0 aliphatic rings. The first-order valence-electron chi connectivity index (χ1n) is 7.50. The van der Waals surface area contributed by atoms with E-state index in [0.717, 1.165) is 33.3 Å². The molecule has 5 heteroatoms. The van der Waals surface area contributed by atoms with Crippen molar-refractivity contribution in [3.8, 4) is 11.1 Å². The van der Waals surface area contributed by atoms with E-state index in [1.54, 1.807) is 20.2 Å². The number of nitrogens with zero attached hydrogens (tertiary/aromatic N) is 3. The van der Waals surface area contributed by atoms with E-state index in [0.29, 0.717) is 6.54 Å². The molecule has 5 nitrogen and oxygen atoms in total. The lowest BCUT2D eigenvalue weighted by Crippen LogP contribution is -2.25. The molecular weight excluding hydrogens is 290 g/mol. The van der Waals surface area contributed by atoms with E-state index >= 15 is 0 Å². The maximum Gasteiger partial charge on any atom is 0.181 e. The number of hydrogen-bond acceptors (Lipinski definition) is 4. The second-order valence-electron chi connectivity index (χ2n) is 6.42. The number of aliphatic hydroxyl groups is 1. The van der Waals surface area contributed by atoms with Gasteiger partial charge in [-0.1, -0.05) is 12.1 Å². The third-order valence-corrected chi connectivity index (χ3v) is 3.84. The van der Waals surface area contributed by atoms with Crippen molar-refractivity contribution in [3.63, 3.8) is 0 Å². The van der Waals surface area contributed by atoms with Crippen LogP contribution in [0.15, 0.2) is 53.5 Å². The van der Waals surface area contributed by atoms with E-state index in [4.69, 9.17) is 4.42 Å². The quantitative estimate of drug-likeness (QED) is 0.628. The number of hydrogen-bond donors (Lipinski definition) is 1. The number of imidazole rings is 1. The van der Waals surface area contributed by atoms with Crippen molar-refractivity contribution in [3.05, 3.63) is 49.1 Å². The third-order valence-electron chi connectivity index (χ3n) is 3.84. The highest BCUT2D eigenvalue weighted by molar-refractivity contribution is 5.85. The molecule has 116 valence electrons. The van der Waals surface area contributed by atoms with E-state index in [1.807, 2.05) is 28.8 Å². The van der Waals surface area contributed by atoms with E-state index in [2.05, 4.69) is 22.1 Å². The third kappa shape index (κ3) is 2.59. The van der Waals surface area contributed by atoms with Crippen LogP contribution in [0.4, 0.5) is 0 Å². The fourth-order valence-corrected chi connectivity index (χ4v) is 2.82. The molecule has 4 rings (SSSR count). The zero-order valence-electron chi connectivity index (χ0n) is 13.0. The summed E-state index contributed by atoms with van der Waals surface area (Å²) in [5.74, 6) is 0. The molecule has 0 saturated carbocycles. The first-order valence-corrected chi connectivity index (χ1v) is 7.50. The number of aromatic nitrogens is 3. The Morgan fingerprint density at radius 2 is 1.78 bits per heavy atom. The summed E-state index contributed by atoms with van der Waals surface area (Å²) in [6.07, 6.45) is 3.23. The molecule has 23 heavy (non-hydrogen) atoms. The van der Waals surface area contributed by atoms with Crippen LogP contribution in [0.2, 0.25) is 0 Å². The van der Waals surface area contributed by atoms with Crippen LogP contribution in [0.3, 0.4) is 0 Å². The lowest BCUT2D eigenvalue weighted by Gasteiger charge is -2.18. The summed E-state index contributed by atoms with van der Waals surface area (Å²) in [5.41, 5.74) is 4.93. The first-order chi connectivity index (χ1) is 11.0. The van der Waals surface area contributed by atoms with Crippen molar-refractivity contribution in [2.45, 2.75) is 26.0 Å². The van der Waals surface area contributed by atoms with Gasteiger partial charge in [-0.15, -0.1) is 0 Å². The van der Waals surface area contributed by atoms with Crippen LogP contribution < -0.4 is 0 Å². The van der Waals surface area contributed by atoms with Crippen molar-refractivity contribution in [1.82, 2.24) is 14.5 Å². The molecule has 0 aliphatic heterocycles. The van der Waals surface area contributed by atoms with Gasteiger partial charge in [0.1, 0.15) is 5.52 Å². The second-order valence-corrected chi connectivity index (χ2v) is 6.42. The molecule has 0 amide bonds. The van der Waals surface area contributed by atoms with Crippen LogP contribution >= 0.6 is 0 Å². The van der Waals surface area contributed by atoms with Crippen LogP contribution in [0, 0.1) is 0 Å². The highest BCUT2D eigenvalue weighted by Crippen LogP contribution is 2.27. The van der Waals surface area contributed by atoms with Crippen LogP contribution in [-0.4, -0.2) is 25.2 Å². The van der Waals surface area contributed by atoms with Crippen molar-refractivity contribution < 1.29 is 9.52 Å². The Labute approximate surface area is 133 Å². The Morgan fingerprint density at radius 3 is 2.57 bits per heavy atom. The van der Waals surface area contributed by atoms with E-state index < -0.39 is 5.60 Å². The Balaban J connectivity index is 1.77. The van der Waals surface area contributed by atoms with Gasteiger partial charge >= 0.3 is 0 Å². The molecule has 0 radical (unpaired) electrons. The minimum absolute atomic E-state index is 0.508.